The van der Waals surface area contributed by atoms with Crippen LogP contribution in [0, 0.1) is 25.3 Å². The third kappa shape index (κ3) is 8.35. The molecule has 0 fully saturated rings. The first kappa shape index (κ1) is 35.7. The standard InChI is InChI=1S/C33H52N6O3Si/c1-20(2)43(21(3)4,22(5)6)19-18-27-26(29-23(7)34-31(38(13)14)35-24(29)8)16-17-28(36-27)37-30(40)25(9)39(15)32(41)42-33(10,11)12/h16-17,20-22,25H,1-15H3,(H,36,37,40). The molecule has 0 radical (unpaired) electrons. The molecule has 10 heteroatoms. The number of nitrogens with zero attached hydrogens (tertiary/aromatic N) is 5. The summed E-state index contributed by atoms with van der Waals surface area (Å²) in [4.78, 5) is 43.3. The molecule has 2 heterocycles. The minimum absolute atomic E-state index is 0.356. The fourth-order valence-corrected chi connectivity index (χ4v) is 10.8. The number of nitrogens with one attached hydrogen (secondary N) is 1. The highest BCUT2D eigenvalue weighted by atomic mass is 28.3. The van der Waals surface area contributed by atoms with Crippen molar-refractivity contribution in [2.24, 2.45) is 0 Å². The predicted octanol–water partition coefficient (Wildman–Crippen LogP) is 6.98. The van der Waals surface area contributed by atoms with Crippen LogP contribution in [0.15, 0.2) is 12.1 Å². The first-order chi connectivity index (χ1) is 19.7. The number of hydrogen-bond acceptors (Lipinski definition) is 7. The maximum Gasteiger partial charge on any atom is 0.410 e. The largest absolute Gasteiger partial charge is 0.444 e. The maximum absolute atomic E-state index is 13.2. The molecule has 2 amide bonds. The topological polar surface area (TPSA) is 101 Å². The van der Waals surface area contributed by atoms with Gasteiger partial charge >= 0.3 is 6.09 Å². The average molecular weight is 609 g/mol. The lowest BCUT2D eigenvalue weighted by atomic mass is 10.0. The molecule has 43 heavy (non-hydrogen) atoms. The molecule has 1 atom stereocenters. The number of hydrogen-bond donors (Lipinski definition) is 1. The van der Waals surface area contributed by atoms with Gasteiger partial charge in [-0.1, -0.05) is 47.5 Å². The fraction of sp³-hybridized carbons (Fsp3) is 0.606. The van der Waals surface area contributed by atoms with Gasteiger partial charge < -0.3 is 15.0 Å². The monoisotopic (exact) mass is 608 g/mol. The number of ether oxygens (including phenoxy) is 1. The molecule has 2 rings (SSSR count). The molecule has 0 aliphatic carbocycles. The summed E-state index contributed by atoms with van der Waals surface area (Å²) in [5.41, 5.74) is 8.37. The van der Waals surface area contributed by atoms with E-state index in [1.165, 1.54) is 4.90 Å². The van der Waals surface area contributed by atoms with Crippen LogP contribution in [-0.2, 0) is 9.53 Å². The molecule has 1 N–H and O–H groups in total. The Hall–Kier alpha value is -3.45. The van der Waals surface area contributed by atoms with Gasteiger partial charge in [0.1, 0.15) is 31.2 Å². The van der Waals surface area contributed by atoms with Crippen LogP contribution in [0.2, 0.25) is 16.6 Å². The van der Waals surface area contributed by atoms with Crippen LogP contribution in [0.1, 0.15) is 86.3 Å². The Kier molecular flexibility index (Phi) is 11.5. The van der Waals surface area contributed by atoms with E-state index in [4.69, 9.17) is 19.7 Å². The summed E-state index contributed by atoms with van der Waals surface area (Å²) < 4.78 is 5.43. The molecular weight excluding hydrogens is 556 g/mol. The molecule has 2 aromatic heterocycles. The van der Waals surface area contributed by atoms with E-state index >= 15 is 0 Å². The molecule has 9 nitrogen and oxygen atoms in total. The molecule has 0 spiro atoms. The van der Waals surface area contributed by atoms with Gasteiger partial charge in [-0.15, -0.1) is 5.54 Å². The van der Waals surface area contributed by atoms with Crippen molar-refractivity contribution in [3.8, 4) is 22.6 Å². The number of pyridine rings is 1. The predicted molar refractivity (Wildman–Crippen MR) is 179 cm³/mol. The third-order valence-electron chi connectivity index (χ3n) is 7.98. The van der Waals surface area contributed by atoms with Crippen molar-refractivity contribution in [3.05, 3.63) is 29.2 Å². The summed E-state index contributed by atoms with van der Waals surface area (Å²) in [6.07, 6.45) is -0.575. The van der Waals surface area contributed by atoms with Crippen molar-refractivity contribution < 1.29 is 14.3 Å². The Morgan fingerprint density at radius 3 is 1.84 bits per heavy atom. The van der Waals surface area contributed by atoms with Crippen molar-refractivity contribution >= 4 is 31.8 Å². The van der Waals surface area contributed by atoms with Gasteiger partial charge in [0.2, 0.25) is 11.9 Å². The second-order valence-electron chi connectivity index (χ2n) is 13.5. The van der Waals surface area contributed by atoms with E-state index in [1.807, 2.05) is 38.9 Å². The van der Waals surface area contributed by atoms with Crippen LogP contribution in [-0.4, -0.2) is 72.7 Å². The lowest BCUT2D eigenvalue weighted by Crippen LogP contribution is -2.45. The first-order valence-corrected chi connectivity index (χ1v) is 17.3. The van der Waals surface area contributed by atoms with Gasteiger partial charge in [-0.25, -0.2) is 19.7 Å². The van der Waals surface area contributed by atoms with E-state index < -0.39 is 25.8 Å². The van der Waals surface area contributed by atoms with E-state index in [9.17, 15) is 9.59 Å². The van der Waals surface area contributed by atoms with Crippen LogP contribution in [0.25, 0.3) is 11.1 Å². The number of rotatable bonds is 8. The maximum atomic E-state index is 13.2. The summed E-state index contributed by atoms with van der Waals surface area (Å²) in [6.45, 7) is 24.6. The Labute approximate surface area is 260 Å². The number of carbonyl (C=O) groups is 2. The van der Waals surface area contributed by atoms with E-state index in [0.717, 1.165) is 22.5 Å². The molecule has 2 aromatic rings. The smallest absolute Gasteiger partial charge is 0.410 e. The average Bonchev–Trinajstić information content (AvgIpc) is 2.86. The summed E-state index contributed by atoms with van der Waals surface area (Å²) in [5.74, 6) is 4.11. The number of aromatic nitrogens is 3. The van der Waals surface area contributed by atoms with Gasteiger partial charge in [0.05, 0.1) is 11.4 Å². The summed E-state index contributed by atoms with van der Waals surface area (Å²) in [6, 6.07) is 2.90. The molecular formula is C33H52N6O3Si. The highest BCUT2D eigenvalue weighted by molar-refractivity contribution is 6.90. The number of carbonyl (C=O) groups excluding carboxylic acids is 2. The molecule has 0 bridgehead atoms. The number of aryl methyl sites for hydroxylation is 2. The van der Waals surface area contributed by atoms with E-state index in [-0.39, 0.29) is 5.91 Å². The minimum Gasteiger partial charge on any atom is -0.444 e. The zero-order valence-electron chi connectivity index (χ0n) is 28.9. The van der Waals surface area contributed by atoms with Crippen molar-refractivity contribution in [2.45, 2.75) is 111 Å². The quantitative estimate of drug-likeness (QED) is 0.255. The molecule has 1 unspecified atom stereocenters. The number of anilines is 2. The van der Waals surface area contributed by atoms with Gasteiger partial charge in [0.25, 0.3) is 0 Å². The van der Waals surface area contributed by atoms with Crippen molar-refractivity contribution in [1.82, 2.24) is 19.9 Å². The van der Waals surface area contributed by atoms with Crippen molar-refractivity contribution in [2.75, 3.05) is 31.4 Å². The normalized spacial score (nSPS) is 12.6. The van der Waals surface area contributed by atoms with E-state index in [1.54, 1.807) is 40.8 Å². The molecule has 0 aromatic carbocycles. The SMILES string of the molecule is Cc1nc(N(C)C)nc(C)c1-c1ccc(NC(=O)C(C)N(C)C(=O)OC(C)(C)C)nc1C#C[Si](C(C)C)(C(C)C)C(C)C. The zero-order valence-corrected chi connectivity index (χ0v) is 29.9. The van der Waals surface area contributed by atoms with Crippen molar-refractivity contribution in [1.29, 1.82) is 0 Å². The van der Waals surface area contributed by atoms with Gasteiger partial charge in [-0.3, -0.25) is 9.69 Å². The highest BCUT2D eigenvalue weighted by Gasteiger charge is 2.41. The second kappa shape index (κ2) is 13.9. The van der Waals surface area contributed by atoms with E-state index in [2.05, 4.69) is 58.3 Å². The molecule has 0 aliphatic heterocycles. The lowest BCUT2D eigenvalue weighted by Gasteiger charge is -2.38. The van der Waals surface area contributed by atoms with Gasteiger partial charge in [0.15, 0.2) is 0 Å². The van der Waals surface area contributed by atoms with Crippen molar-refractivity contribution in [3.63, 3.8) is 0 Å². The summed E-state index contributed by atoms with van der Waals surface area (Å²) >= 11 is 0. The fourth-order valence-electron chi connectivity index (χ4n) is 5.61. The Balaban J connectivity index is 2.67. The highest BCUT2D eigenvalue weighted by Crippen LogP contribution is 2.41. The third-order valence-corrected chi connectivity index (χ3v) is 14.3. The van der Waals surface area contributed by atoms with Gasteiger partial charge in [0, 0.05) is 32.3 Å². The number of amides is 2. The van der Waals surface area contributed by atoms with Gasteiger partial charge in [-0.2, -0.15) is 0 Å². The summed E-state index contributed by atoms with van der Waals surface area (Å²) in [7, 11) is 3.29. The van der Waals surface area contributed by atoms with Gasteiger partial charge in [-0.05, 0) is 70.3 Å². The second-order valence-corrected chi connectivity index (χ2v) is 19.0. The molecule has 0 aliphatic rings. The molecule has 0 saturated heterocycles. The first-order valence-electron chi connectivity index (χ1n) is 15.1. The van der Waals surface area contributed by atoms with E-state index in [0.29, 0.717) is 34.1 Å². The van der Waals surface area contributed by atoms with Crippen LogP contribution in [0.4, 0.5) is 16.6 Å². The van der Waals surface area contributed by atoms with Crippen LogP contribution >= 0.6 is 0 Å². The number of likely N-dealkylation sites (N-methyl/N-ethyl adjacent to an activating group) is 1. The van der Waals surface area contributed by atoms with Crippen LogP contribution in [0.3, 0.4) is 0 Å². The zero-order chi connectivity index (χ0) is 33.0. The lowest BCUT2D eigenvalue weighted by molar-refractivity contribution is -0.120. The molecule has 0 saturated carbocycles. The van der Waals surface area contributed by atoms with Crippen LogP contribution < -0.4 is 10.2 Å². The Morgan fingerprint density at radius 2 is 1.40 bits per heavy atom. The minimum atomic E-state index is -2.08. The van der Waals surface area contributed by atoms with Crippen LogP contribution in [0.5, 0.6) is 0 Å². The summed E-state index contributed by atoms with van der Waals surface area (Å²) in [5, 5.41) is 2.88. The molecule has 236 valence electrons. The Morgan fingerprint density at radius 1 is 0.884 bits per heavy atom. The Bertz CT molecular complexity index is 1340.